The molecule has 4 aliphatic rings. The third-order valence-electron chi connectivity index (χ3n) is 8.81. The van der Waals surface area contributed by atoms with Gasteiger partial charge in [-0.2, -0.15) is 0 Å². The van der Waals surface area contributed by atoms with E-state index in [1.54, 1.807) is 0 Å². The van der Waals surface area contributed by atoms with Gasteiger partial charge >= 0.3 is 0 Å². The minimum atomic E-state index is -0.526. The summed E-state index contributed by atoms with van der Waals surface area (Å²) in [7, 11) is 0. The summed E-state index contributed by atoms with van der Waals surface area (Å²) in [6, 6.07) is 4.54. The Labute approximate surface area is 206 Å². The fraction of sp³-hybridized carbons (Fsp3) is 0.667. The predicted molar refractivity (Wildman–Crippen MR) is 131 cm³/mol. The molecule has 3 amide bonds. The number of carbonyl (C=O) groups excluding carboxylic acids is 3. The van der Waals surface area contributed by atoms with Crippen LogP contribution in [0.15, 0.2) is 18.2 Å². The summed E-state index contributed by atoms with van der Waals surface area (Å²) in [5, 5.41) is 5.35. The second-order valence-corrected chi connectivity index (χ2v) is 11.0. The van der Waals surface area contributed by atoms with Gasteiger partial charge in [-0.25, -0.2) is 4.39 Å². The molecule has 1 aromatic rings. The molecule has 8 heteroatoms. The minimum Gasteiger partial charge on any atom is -0.374 e. The van der Waals surface area contributed by atoms with Crippen LogP contribution in [-0.4, -0.2) is 66.3 Å². The quantitative estimate of drug-likeness (QED) is 0.626. The molecule has 0 unspecified atom stereocenters. The van der Waals surface area contributed by atoms with E-state index in [1.807, 2.05) is 12.1 Å². The van der Waals surface area contributed by atoms with Crippen LogP contribution in [0.2, 0.25) is 0 Å². The monoisotopic (exact) mass is 484 g/mol. The number of hydrogen-bond acceptors (Lipinski definition) is 5. The van der Waals surface area contributed by atoms with Crippen LogP contribution >= 0.6 is 0 Å². The molecule has 1 atom stereocenters. The largest absolute Gasteiger partial charge is 0.374 e. The van der Waals surface area contributed by atoms with Crippen molar-refractivity contribution in [3.05, 3.63) is 29.6 Å². The Bertz CT molecular complexity index is 959. The highest BCUT2D eigenvalue weighted by Gasteiger charge is 2.38. The Morgan fingerprint density at radius 2 is 1.74 bits per heavy atom. The Balaban J connectivity index is 1.09. The number of rotatable bonds is 5. The van der Waals surface area contributed by atoms with Crippen LogP contribution in [0.1, 0.15) is 75.7 Å². The van der Waals surface area contributed by atoms with Gasteiger partial charge in [0.05, 0.1) is 6.54 Å². The van der Waals surface area contributed by atoms with E-state index >= 15 is 0 Å². The number of nitrogens with one attached hydrogen (secondary N) is 2. The number of piperidine rings is 3. The number of anilines is 1. The first kappa shape index (κ1) is 24.2. The molecule has 1 spiro atoms. The average Bonchev–Trinajstić information content (AvgIpc) is 3.30. The molecule has 190 valence electrons. The van der Waals surface area contributed by atoms with Crippen LogP contribution in [0.3, 0.4) is 0 Å². The maximum Gasteiger partial charge on any atom is 0.249 e. The molecular formula is C27H37FN4O3. The van der Waals surface area contributed by atoms with Gasteiger partial charge in [0.1, 0.15) is 11.9 Å². The molecule has 35 heavy (non-hydrogen) atoms. The van der Waals surface area contributed by atoms with Gasteiger partial charge in [0.15, 0.2) is 0 Å². The summed E-state index contributed by atoms with van der Waals surface area (Å²) in [5.41, 5.74) is 1.76. The third kappa shape index (κ3) is 5.52. The van der Waals surface area contributed by atoms with E-state index in [0.29, 0.717) is 29.6 Å². The first-order chi connectivity index (χ1) is 16.9. The highest BCUT2D eigenvalue weighted by Crippen LogP contribution is 2.46. The van der Waals surface area contributed by atoms with Crippen LogP contribution in [0.4, 0.5) is 10.1 Å². The van der Waals surface area contributed by atoms with Crippen molar-refractivity contribution in [2.45, 2.75) is 76.2 Å². The van der Waals surface area contributed by atoms with E-state index in [4.69, 9.17) is 0 Å². The first-order valence-electron chi connectivity index (χ1n) is 13.3. The van der Waals surface area contributed by atoms with E-state index in [0.717, 1.165) is 51.9 Å². The highest BCUT2D eigenvalue weighted by atomic mass is 19.1. The van der Waals surface area contributed by atoms with Gasteiger partial charge < -0.3 is 10.2 Å². The predicted octanol–water partition coefficient (Wildman–Crippen LogP) is 3.41. The van der Waals surface area contributed by atoms with Gasteiger partial charge in [0.2, 0.25) is 17.7 Å². The summed E-state index contributed by atoms with van der Waals surface area (Å²) in [6.07, 6.45) is 10.0. The van der Waals surface area contributed by atoms with Gasteiger partial charge in [-0.1, -0.05) is 18.9 Å². The van der Waals surface area contributed by atoms with Crippen molar-refractivity contribution in [2.24, 2.45) is 5.41 Å². The zero-order chi connectivity index (χ0) is 24.4. The number of hydrogen-bond donors (Lipinski definition) is 2. The number of benzene rings is 1. The van der Waals surface area contributed by atoms with Crippen LogP contribution in [0.5, 0.6) is 0 Å². The van der Waals surface area contributed by atoms with E-state index in [2.05, 4.69) is 20.4 Å². The van der Waals surface area contributed by atoms with Gasteiger partial charge in [-0.05, 0) is 87.1 Å². The molecule has 0 bridgehead atoms. The number of amides is 3. The zero-order valence-corrected chi connectivity index (χ0v) is 20.5. The summed E-state index contributed by atoms with van der Waals surface area (Å²) in [6.45, 7) is 3.87. The van der Waals surface area contributed by atoms with Crippen molar-refractivity contribution in [2.75, 3.05) is 38.0 Å². The SMILES string of the molecule is O=C1CC[C@@H](Nc2ccc(C3CCN(CC(=O)N4CCC5(CCCC5)CC4)CC3)c(F)c2)C(=O)N1. The Kier molecular flexibility index (Phi) is 7.09. The molecule has 0 aromatic heterocycles. The molecule has 1 saturated carbocycles. The van der Waals surface area contributed by atoms with Crippen molar-refractivity contribution in [3.63, 3.8) is 0 Å². The lowest BCUT2D eigenvalue weighted by Gasteiger charge is -2.40. The van der Waals surface area contributed by atoms with Crippen LogP contribution in [-0.2, 0) is 14.4 Å². The van der Waals surface area contributed by atoms with Gasteiger partial charge in [-0.15, -0.1) is 0 Å². The number of imide groups is 1. The third-order valence-corrected chi connectivity index (χ3v) is 8.81. The molecule has 1 aliphatic carbocycles. The fourth-order valence-corrected chi connectivity index (χ4v) is 6.53. The Hall–Kier alpha value is -2.48. The maximum atomic E-state index is 15.0. The Morgan fingerprint density at radius 1 is 1.03 bits per heavy atom. The lowest BCUT2D eigenvalue weighted by molar-refractivity contribution is -0.135. The van der Waals surface area contributed by atoms with Gasteiger partial charge in [0, 0.05) is 25.2 Å². The molecule has 3 heterocycles. The standard InChI is InChI=1S/C27H37FN4O3/c28-22-17-20(29-23-5-6-24(33)30-26(23)35)3-4-21(22)19-7-13-31(14-8-19)18-25(34)32-15-11-27(12-16-32)9-1-2-10-27/h3-4,17,19,23,29H,1-2,5-16,18H2,(H,30,33,35)/t23-/m1/s1. The molecule has 5 rings (SSSR count). The number of nitrogens with zero attached hydrogens (tertiary/aromatic N) is 2. The number of likely N-dealkylation sites (tertiary alicyclic amines) is 2. The van der Waals surface area contributed by atoms with Crippen LogP contribution in [0.25, 0.3) is 0 Å². The normalized spacial score (nSPS) is 25.6. The molecule has 4 fully saturated rings. The summed E-state index contributed by atoms with van der Waals surface area (Å²) < 4.78 is 15.0. The molecular weight excluding hydrogens is 447 g/mol. The van der Waals surface area contributed by atoms with Crippen molar-refractivity contribution < 1.29 is 18.8 Å². The lowest BCUT2D eigenvalue weighted by Crippen LogP contribution is -2.47. The molecule has 0 radical (unpaired) electrons. The van der Waals surface area contributed by atoms with Crippen molar-refractivity contribution >= 4 is 23.4 Å². The van der Waals surface area contributed by atoms with Gasteiger partial charge in [0.25, 0.3) is 0 Å². The summed E-state index contributed by atoms with van der Waals surface area (Å²) >= 11 is 0. The van der Waals surface area contributed by atoms with E-state index in [9.17, 15) is 18.8 Å². The van der Waals surface area contributed by atoms with E-state index < -0.39 is 6.04 Å². The number of carbonyl (C=O) groups is 3. The Morgan fingerprint density at radius 3 is 2.40 bits per heavy atom. The first-order valence-corrected chi connectivity index (χ1v) is 13.3. The van der Waals surface area contributed by atoms with Crippen molar-refractivity contribution in [1.29, 1.82) is 0 Å². The van der Waals surface area contributed by atoms with Crippen molar-refractivity contribution in [1.82, 2.24) is 15.1 Å². The summed E-state index contributed by atoms with van der Waals surface area (Å²) in [4.78, 5) is 40.4. The molecule has 7 nitrogen and oxygen atoms in total. The van der Waals surface area contributed by atoms with E-state index in [1.165, 1.54) is 31.7 Å². The smallest absolute Gasteiger partial charge is 0.249 e. The molecule has 2 N–H and O–H groups in total. The highest BCUT2D eigenvalue weighted by molar-refractivity contribution is 6.01. The molecule has 3 aliphatic heterocycles. The second-order valence-electron chi connectivity index (χ2n) is 11.0. The second kappa shape index (κ2) is 10.2. The van der Waals surface area contributed by atoms with Gasteiger partial charge in [-0.3, -0.25) is 24.6 Å². The van der Waals surface area contributed by atoms with E-state index in [-0.39, 0.29) is 35.9 Å². The fourth-order valence-electron chi connectivity index (χ4n) is 6.53. The summed E-state index contributed by atoms with van der Waals surface area (Å²) in [5.74, 6) is -0.535. The molecule has 3 saturated heterocycles. The minimum absolute atomic E-state index is 0.128. The zero-order valence-electron chi connectivity index (χ0n) is 20.5. The topological polar surface area (TPSA) is 81.8 Å². The molecule has 1 aromatic carbocycles. The lowest BCUT2D eigenvalue weighted by atomic mass is 9.77. The maximum absolute atomic E-state index is 15.0. The number of halogens is 1. The van der Waals surface area contributed by atoms with Crippen LogP contribution in [0, 0.1) is 11.2 Å². The van der Waals surface area contributed by atoms with Crippen LogP contribution < -0.4 is 10.6 Å². The average molecular weight is 485 g/mol. The van der Waals surface area contributed by atoms with Crippen molar-refractivity contribution in [3.8, 4) is 0 Å².